The monoisotopic (exact) mass is 494 g/mol. The SMILES string of the molecule is CCCCCCCCCCCCOC(=O)CS.CCC[CH2][Sn][CH2]CCC. The van der Waals surface area contributed by atoms with E-state index in [2.05, 4.69) is 33.4 Å². The fourth-order valence-corrected chi connectivity index (χ4v) is 6.80. The molecular weight excluding hydrogens is 447 g/mol. The maximum atomic E-state index is 10.8. The van der Waals surface area contributed by atoms with Crippen molar-refractivity contribution in [3.63, 3.8) is 0 Å². The fraction of sp³-hybridized carbons (Fsp3) is 0.955. The molecule has 0 aromatic rings. The molecule has 0 unspecified atom stereocenters. The van der Waals surface area contributed by atoms with Gasteiger partial charge in [-0.1, -0.05) is 64.7 Å². The van der Waals surface area contributed by atoms with Crippen molar-refractivity contribution in [1.82, 2.24) is 0 Å². The number of esters is 1. The van der Waals surface area contributed by atoms with Gasteiger partial charge in [0.05, 0.1) is 12.4 Å². The average molecular weight is 493 g/mol. The minimum atomic E-state index is -0.204. The summed E-state index contributed by atoms with van der Waals surface area (Å²) in [6.07, 6.45) is 18.9. The number of thiol groups is 1. The van der Waals surface area contributed by atoms with E-state index in [9.17, 15) is 4.79 Å². The Bertz CT molecular complexity index is 257. The van der Waals surface area contributed by atoms with Crippen LogP contribution in [0.25, 0.3) is 0 Å². The number of ether oxygens (including phenoxy) is 1. The Morgan fingerprint density at radius 2 is 1.12 bits per heavy atom. The zero-order valence-corrected chi connectivity index (χ0v) is 21.7. The Hall–Kier alpha value is 0.619. The maximum absolute atomic E-state index is 10.8. The normalized spacial score (nSPS) is 10.3. The minimum absolute atomic E-state index is 0.149. The van der Waals surface area contributed by atoms with Gasteiger partial charge in [-0.2, -0.15) is 12.6 Å². The standard InChI is InChI=1S/C14H28O2S.2C4H9.Sn/c1-2-3-4-5-6-7-8-9-10-11-12-16-14(15)13-17;2*1-3-4-2;/h17H,2-13H2,1H3;2*1,3-4H2,2H3;. The van der Waals surface area contributed by atoms with Crippen molar-refractivity contribution in [1.29, 1.82) is 0 Å². The van der Waals surface area contributed by atoms with E-state index in [0.717, 1.165) is 6.42 Å². The van der Waals surface area contributed by atoms with Crippen LogP contribution >= 0.6 is 12.6 Å². The summed E-state index contributed by atoms with van der Waals surface area (Å²) in [7, 11) is 0. The number of rotatable bonds is 18. The zero-order valence-electron chi connectivity index (χ0n) is 18.0. The predicted octanol–water partition coefficient (Wildman–Crippen LogP) is 7.51. The molecule has 0 saturated heterocycles. The molecule has 26 heavy (non-hydrogen) atoms. The quantitative estimate of drug-likeness (QED) is 0.0926. The van der Waals surface area contributed by atoms with Crippen molar-refractivity contribution in [2.45, 2.75) is 120 Å². The van der Waals surface area contributed by atoms with E-state index in [-0.39, 0.29) is 32.9 Å². The number of carbonyl (C=O) groups excluding carboxylic acids is 1. The molecule has 0 aliphatic carbocycles. The van der Waals surface area contributed by atoms with Crippen molar-refractivity contribution < 1.29 is 9.53 Å². The number of hydrogen-bond acceptors (Lipinski definition) is 3. The summed E-state index contributed by atoms with van der Waals surface area (Å²) in [6, 6.07) is 0. The average Bonchev–Trinajstić information content (AvgIpc) is 2.66. The van der Waals surface area contributed by atoms with Crippen LogP contribution in [0.3, 0.4) is 0 Å². The van der Waals surface area contributed by atoms with Gasteiger partial charge < -0.3 is 4.74 Å². The van der Waals surface area contributed by atoms with Gasteiger partial charge in [-0.05, 0) is 6.42 Å². The van der Waals surface area contributed by atoms with Gasteiger partial charge in [0, 0.05) is 0 Å². The van der Waals surface area contributed by atoms with Crippen molar-refractivity contribution in [3.8, 4) is 0 Å². The summed E-state index contributed by atoms with van der Waals surface area (Å²) in [5.41, 5.74) is 0. The van der Waals surface area contributed by atoms with Crippen LogP contribution in [0.1, 0.15) is 111 Å². The molecule has 2 radical (unpaired) electrons. The van der Waals surface area contributed by atoms with E-state index in [1.807, 2.05) is 0 Å². The van der Waals surface area contributed by atoms with Gasteiger partial charge in [0.1, 0.15) is 0 Å². The van der Waals surface area contributed by atoms with Gasteiger partial charge in [0.25, 0.3) is 0 Å². The van der Waals surface area contributed by atoms with Crippen LogP contribution < -0.4 is 0 Å². The summed E-state index contributed by atoms with van der Waals surface area (Å²) in [5, 5.41) is 0. The summed E-state index contributed by atoms with van der Waals surface area (Å²) in [6.45, 7) is 7.40. The Balaban J connectivity index is 0. The Kier molecular flexibility index (Phi) is 30.9. The first kappa shape index (κ1) is 28.8. The molecular formula is C22H46O2SSn. The van der Waals surface area contributed by atoms with Crippen LogP contribution in [0.2, 0.25) is 8.87 Å². The molecule has 0 saturated carbocycles. The third kappa shape index (κ3) is 29.4. The predicted molar refractivity (Wildman–Crippen MR) is 122 cm³/mol. The van der Waals surface area contributed by atoms with Crippen LogP contribution in [0.5, 0.6) is 0 Å². The first-order valence-electron chi connectivity index (χ1n) is 11.2. The summed E-state index contributed by atoms with van der Waals surface area (Å²) in [4.78, 5) is 10.8. The second kappa shape index (κ2) is 27.8. The Labute approximate surface area is 180 Å². The van der Waals surface area contributed by atoms with Crippen LogP contribution in [0, 0.1) is 0 Å². The molecule has 0 aliphatic rings. The first-order valence-corrected chi connectivity index (χ1v) is 15.9. The van der Waals surface area contributed by atoms with E-state index in [0.29, 0.717) is 6.61 Å². The second-order valence-electron chi connectivity index (χ2n) is 7.02. The van der Waals surface area contributed by atoms with Crippen molar-refractivity contribution in [2.75, 3.05) is 12.4 Å². The first-order chi connectivity index (χ1) is 12.7. The molecule has 0 aromatic heterocycles. The molecule has 4 heteroatoms. The number of carbonyl (C=O) groups is 1. The molecule has 0 fully saturated rings. The van der Waals surface area contributed by atoms with E-state index < -0.39 is 0 Å². The van der Waals surface area contributed by atoms with Crippen LogP contribution in [0.15, 0.2) is 0 Å². The molecule has 0 aliphatic heterocycles. The topological polar surface area (TPSA) is 26.3 Å². The Morgan fingerprint density at radius 3 is 1.54 bits per heavy atom. The summed E-state index contributed by atoms with van der Waals surface area (Å²) >= 11 is 4.00. The van der Waals surface area contributed by atoms with Gasteiger partial charge in [-0.3, -0.25) is 4.79 Å². The number of hydrogen-bond donors (Lipinski definition) is 1. The van der Waals surface area contributed by atoms with E-state index >= 15 is 0 Å². The molecule has 2 nitrogen and oxygen atoms in total. The molecule has 0 bridgehead atoms. The van der Waals surface area contributed by atoms with Gasteiger partial charge >= 0.3 is 75.5 Å². The molecule has 0 heterocycles. The summed E-state index contributed by atoms with van der Waals surface area (Å²) < 4.78 is 8.20. The van der Waals surface area contributed by atoms with E-state index in [1.54, 1.807) is 8.87 Å². The van der Waals surface area contributed by atoms with Gasteiger partial charge in [-0.15, -0.1) is 0 Å². The molecule has 0 rings (SSSR count). The van der Waals surface area contributed by atoms with Crippen molar-refractivity contribution in [3.05, 3.63) is 0 Å². The van der Waals surface area contributed by atoms with Crippen molar-refractivity contribution >= 4 is 39.7 Å². The molecule has 156 valence electrons. The van der Waals surface area contributed by atoms with E-state index in [1.165, 1.54) is 83.5 Å². The third-order valence-corrected chi connectivity index (χ3v) is 8.60. The van der Waals surface area contributed by atoms with Crippen molar-refractivity contribution in [2.24, 2.45) is 0 Å². The third-order valence-electron chi connectivity index (χ3n) is 4.30. The fourth-order valence-electron chi connectivity index (χ4n) is 2.55. The zero-order chi connectivity index (χ0) is 19.7. The Morgan fingerprint density at radius 1 is 0.692 bits per heavy atom. The number of unbranched alkanes of at least 4 members (excludes halogenated alkanes) is 11. The van der Waals surface area contributed by atoms with Crippen LogP contribution in [-0.2, 0) is 9.53 Å². The molecule has 0 N–H and O–H groups in total. The molecule has 0 atom stereocenters. The second-order valence-corrected chi connectivity index (χ2v) is 11.6. The molecule has 0 spiro atoms. The van der Waals surface area contributed by atoms with Gasteiger partial charge in [0.15, 0.2) is 0 Å². The van der Waals surface area contributed by atoms with Crippen LogP contribution in [-0.4, -0.2) is 39.5 Å². The van der Waals surface area contributed by atoms with Gasteiger partial charge in [-0.25, -0.2) is 0 Å². The summed E-state index contributed by atoms with van der Waals surface area (Å²) in [5.74, 6) is -0.0122. The van der Waals surface area contributed by atoms with Gasteiger partial charge in [0.2, 0.25) is 0 Å². The molecule has 0 amide bonds. The van der Waals surface area contributed by atoms with E-state index in [4.69, 9.17) is 4.74 Å². The molecule has 0 aromatic carbocycles. The van der Waals surface area contributed by atoms with Crippen LogP contribution in [0.4, 0.5) is 0 Å².